The predicted molar refractivity (Wildman–Crippen MR) is 99.0 cm³/mol. The quantitative estimate of drug-likeness (QED) is 0.370. The molecule has 0 N–H and O–H groups in total. The molecule has 0 aliphatic heterocycles. The maximum atomic E-state index is 12.9. The van der Waals surface area contributed by atoms with Gasteiger partial charge < -0.3 is 0 Å². The molecular weight excluding hydrogens is 375 g/mol. The smallest absolute Gasteiger partial charge is 0.146 e. The van der Waals surface area contributed by atoms with Gasteiger partial charge in [-0.1, -0.05) is 46.9 Å². The Morgan fingerprint density at radius 1 is 0.615 bits per heavy atom. The van der Waals surface area contributed by atoms with Crippen molar-refractivity contribution in [3.63, 3.8) is 0 Å². The van der Waals surface area contributed by atoms with Gasteiger partial charge in [0.25, 0.3) is 0 Å². The highest BCUT2D eigenvalue weighted by molar-refractivity contribution is 6.33. The van der Waals surface area contributed by atoms with Crippen LogP contribution >= 0.6 is 23.2 Å². The van der Waals surface area contributed by atoms with E-state index >= 15 is 0 Å². The average molecular weight is 384 g/mol. The van der Waals surface area contributed by atoms with Crippen LogP contribution in [-0.2, 0) is 0 Å². The van der Waals surface area contributed by atoms with Crippen molar-refractivity contribution in [1.82, 2.24) is 4.98 Å². The molecule has 0 saturated heterocycles. The van der Waals surface area contributed by atoms with Crippen LogP contribution in [0.2, 0.25) is 10.3 Å². The molecule has 0 spiro atoms. The van der Waals surface area contributed by atoms with E-state index in [9.17, 15) is 8.78 Å². The Labute approximate surface area is 159 Å². The molecule has 1 aromatic heterocycles. The minimum absolute atomic E-state index is 0.150. The van der Waals surface area contributed by atoms with E-state index in [0.717, 1.165) is 0 Å². The molecule has 3 aromatic rings. The van der Waals surface area contributed by atoms with Crippen molar-refractivity contribution >= 4 is 23.2 Å². The van der Waals surface area contributed by atoms with E-state index in [-0.39, 0.29) is 21.9 Å². The zero-order valence-electron chi connectivity index (χ0n) is 13.2. The maximum absolute atomic E-state index is 12.9. The molecule has 26 heavy (non-hydrogen) atoms. The number of pyridine rings is 1. The molecule has 0 aliphatic rings. The summed E-state index contributed by atoms with van der Waals surface area (Å²) in [4.78, 5) is 4.03. The molecule has 3 rings (SSSR count). The van der Waals surface area contributed by atoms with Crippen LogP contribution in [0.25, 0.3) is 0 Å². The molecule has 0 unspecified atom stereocenters. The third-order valence-electron chi connectivity index (χ3n) is 3.30. The average Bonchev–Trinajstić information content (AvgIpc) is 2.63. The largest absolute Gasteiger partial charge is 0.222 e. The molecule has 0 aliphatic carbocycles. The Morgan fingerprint density at radius 2 is 1.00 bits per heavy atom. The normalized spacial score (nSPS) is 9.69. The van der Waals surface area contributed by atoms with Gasteiger partial charge in [0, 0.05) is 11.1 Å². The van der Waals surface area contributed by atoms with Crippen molar-refractivity contribution < 1.29 is 8.78 Å². The van der Waals surface area contributed by atoms with Gasteiger partial charge in [-0.2, -0.15) is 0 Å². The molecular formula is C21H9Cl2F2N. The summed E-state index contributed by atoms with van der Waals surface area (Å²) < 4.78 is 25.9. The fraction of sp³-hybridized carbons (Fsp3) is 0. The molecule has 2 aromatic carbocycles. The van der Waals surface area contributed by atoms with Crippen LogP contribution in [0.15, 0.2) is 54.6 Å². The third-order valence-corrected chi connectivity index (χ3v) is 3.88. The van der Waals surface area contributed by atoms with Crippen LogP contribution in [-0.4, -0.2) is 4.98 Å². The van der Waals surface area contributed by atoms with E-state index in [2.05, 4.69) is 28.7 Å². The van der Waals surface area contributed by atoms with E-state index in [4.69, 9.17) is 23.2 Å². The molecule has 0 radical (unpaired) electrons. The number of aromatic nitrogens is 1. The van der Waals surface area contributed by atoms with Crippen LogP contribution in [0.3, 0.4) is 0 Å². The second-order valence-corrected chi connectivity index (χ2v) is 5.89. The van der Waals surface area contributed by atoms with Crippen molar-refractivity contribution in [2.24, 2.45) is 0 Å². The molecule has 0 saturated carbocycles. The highest BCUT2D eigenvalue weighted by Crippen LogP contribution is 2.20. The van der Waals surface area contributed by atoms with Gasteiger partial charge in [0.1, 0.15) is 21.9 Å². The van der Waals surface area contributed by atoms with E-state index in [1.54, 1.807) is 30.3 Å². The lowest BCUT2D eigenvalue weighted by atomic mass is 10.1. The van der Waals surface area contributed by atoms with Crippen molar-refractivity contribution in [3.8, 4) is 23.7 Å². The first-order valence-electron chi connectivity index (χ1n) is 7.42. The fourth-order valence-corrected chi connectivity index (χ4v) is 2.41. The number of rotatable bonds is 0. The van der Waals surface area contributed by atoms with Crippen molar-refractivity contribution in [1.29, 1.82) is 0 Å². The molecule has 0 fully saturated rings. The number of hydrogen-bond acceptors (Lipinski definition) is 1. The van der Waals surface area contributed by atoms with E-state index in [1.807, 2.05) is 0 Å². The molecule has 0 atom stereocenters. The van der Waals surface area contributed by atoms with Crippen molar-refractivity contribution in [3.05, 3.63) is 98.8 Å². The first kappa shape index (κ1) is 18.0. The number of halogens is 4. The molecule has 0 bridgehead atoms. The molecule has 1 heterocycles. The lowest BCUT2D eigenvalue weighted by Crippen LogP contribution is -1.89. The minimum Gasteiger partial charge on any atom is -0.222 e. The molecule has 5 heteroatoms. The topological polar surface area (TPSA) is 12.9 Å². The second kappa shape index (κ2) is 8.02. The number of hydrogen-bond donors (Lipinski definition) is 0. The molecule has 0 amide bonds. The number of nitrogens with zero attached hydrogens (tertiary/aromatic N) is 1. The molecule has 126 valence electrons. The Hall–Kier alpha value is -2.85. The van der Waals surface area contributed by atoms with Crippen LogP contribution in [0.4, 0.5) is 8.78 Å². The fourth-order valence-electron chi connectivity index (χ4n) is 1.99. The summed E-state index contributed by atoms with van der Waals surface area (Å²) in [6.45, 7) is 0. The van der Waals surface area contributed by atoms with Crippen LogP contribution in [0, 0.1) is 35.3 Å². The predicted octanol–water partition coefficient (Wildman–Crippen LogP) is 5.47. The Balaban J connectivity index is 1.93. The van der Waals surface area contributed by atoms with E-state index < -0.39 is 0 Å². The highest BCUT2D eigenvalue weighted by atomic mass is 35.5. The monoisotopic (exact) mass is 383 g/mol. The van der Waals surface area contributed by atoms with Crippen molar-refractivity contribution in [2.45, 2.75) is 0 Å². The highest BCUT2D eigenvalue weighted by Gasteiger charge is 2.06. The first-order valence-corrected chi connectivity index (χ1v) is 8.18. The summed E-state index contributed by atoms with van der Waals surface area (Å²) >= 11 is 12.2. The van der Waals surface area contributed by atoms with Gasteiger partial charge >= 0.3 is 0 Å². The summed E-state index contributed by atoms with van der Waals surface area (Å²) in [5, 5.41) is 0.300. The SMILES string of the molecule is Fc1ccc(C#Cc2cc(C#Cc3ccc(F)cc3)c(Cl)nc2Cl)cc1. The standard InChI is InChI=1S/C21H9Cl2F2N/c22-20-16(7-1-14-3-9-18(24)10-4-14)13-17(21(23)26-20)8-2-15-5-11-19(25)12-6-15/h3-6,9-13H. The van der Waals surface area contributed by atoms with Crippen LogP contribution in [0.5, 0.6) is 0 Å². The Morgan fingerprint density at radius 3 is 1.38 bits per heavy atom. The van der Waals surface area contributed by atoms with E-state index in [1.165, 1.54) is 24.3 Å². The third kappa shape index (κ3) is 4.61. The lowest BCUT2D eigenvalue weighted by molar-refractivity contribution is 0.627. The van der Waals surface area contributed by atoms with Gasteiger partial charge in [-0.25, -0.2) is 13.8 Å². The Bertz CT molecular complexity index is 983. The zero-order valence-corrected chi connectivity index (χ0v) is 14.7. The second-order valence-electron chi connectivity index (χ2n) is 5.18. The lowest BCUT2D eigenvalue weighted by Gasteiger charge is -2.00. The summed E-state index contributed by atoms with van der Waals surface area (Å²) in [6, 6.07) is 13.2. The Kier molecular flexibility index (Phi) is 5.54. The van der Waals surface area contributed by atoms with Crippen molar-refractivity contribution in [2.75, 3.05) is 0 Å². The summed E-state index contributed by atoms with van der Waals surface area (Å²) in [6.07, 6.45) is 0. The molecule has 1 nitrogen and oxygen atoms in total. The van der Waals surface area contributed by atoms with Gasteiger partial charge in [-0.05, 0) is 54.6 Å². The van der Waals surface area contributed by atoms with Gasteiger partial charge in [0.2, 0.25) is 0 Å². The first-order chi connectivity index (χ1) is 12.5. The van der Waals surface area contributed by atoms with Crippen LogP contribution in [0.1, 0.15) is 22.3 Å². The maximum Gasteiger partial charge on any atom is 0.146 e. The van der Waals surface area contributed by atoms with E-state index in [0.29, 0.717) is 22.3 Å². The van der Waals surface area contributed by atoms with Crippen LogP contribution < -0.4 is 0 Å². The summed E-state index contributed by atoms with van der Waals surface area (Å²) in [7, 11) is 0. The van der Waals surface area contributed by atoms with Gasteiger partial charge in [-0.15, -0.1) is 0 Å². The number of benzene rings is 2. The minimum atomic E-state index is -0.333. The zero-order chi connectivity index (χ0) is 18.5. The van der Waals surface area contributed by atoms with Gasteiger partial charge in [-0.3, -0.25) is 0 Å². The summed E-state index contributed by atoms with van der Waals surface area (Å²) in [5.41, 5.74) is 2.17. The summed E-state index contributed by atoms with van der Waals surface area (Å²) in [5.74, 6) is 10.9. The van der Waals surface area contributed by atoms with Gasteiger partial charge in [0.15, 0.2) is 0 Å². The van der Waals surface area contributed by atoms with Gasteiger partial charge in [0.05, 0.1) is 11.1 Å².